The van der Waals surface area contributed by atoms with Crippen LogP contribution in [0.3, 0.4) is 0 Å². The van der Waals surface area contributed by atoms with Gasteiger partial charge in [-0.3, -0.25) is 9.59 Å². The molecule has 1 aromatic rings. The molecule has 206 valence electrons. The van der Waals surface area contributed by atoms with E-state index >= 15 is 0 Å². The number of methoxy groups -OCH3 is 1. The van der Waals surface area contributed by atoms with Gasteiger partial charge in [0, 0.05) is 31.8 Å². The molecule has 1 aromatic carbocycles. The molecule has 2 aliphatic carbocycles. The van der Waals surface area contributed by atoms with Crippen molar-refractivity contribution in [2.45, 2.75) is 69.9 Å². The minimum atomic E-state index is -1.48. The second kappa shape index (κ2) is 10.9. The van der Waals surface area contributed by atoms with Crippen molar-refractivity contribution in [1.29, 1.82) is 0 Å². The van der Waals surface area contributed by atoms with Crippen molar-refractivity contribution >= 4 is 11.9 Å². The summed E-state index contributed by atoms with van der Waals surface area (Å²) in [6.07, 6.45) is 2.95. The second-order valence-corrected chi connectivity index (χ2v) is 10.7. The molecule has 1 heterocycles. The molecular formula is C27H38O10. The standard InChI is InChI=1S/C27H38O10/c1-5-33-16-34-21-8-6-7-19(12-21)27(32-4)26(36-37-27)18(3)14-25(13-17(2)11-20(26)15-25)35-10-9-22(23(28)29)24(30)31/h6-8,12,17-18,20,22H,5,9-11,13-16H2,1-4H3,(H,28,29)(H,30,31). The third-order valence-electron chi connectivity index (χ3n) is 8.28. The van der Waals surface area contributed by atoms with Crippen LogP contribution in [0.5, 0.6) is 5.75 Å². The maximum Gasteiger partial charge on any atom is 0.317 e. The molecule has 2 bridgehead atoms. The van der Waals surface area contributed by atoms with Gasteiger partial charge < -0.3 is 29.2 Å². The van der Waals surface area contributed by atoms with E-state index in [9.17, 15) is 19.8 Å². The van der Waals surface area contributed by atoms with Crippen molar-refractivity contribution in [3.63, 3.8) is 0 Å². The minimum absolute atomic E-state index is 0.0322. The number of hydrogen-bond donors (Lipinski definition) is 2. The second-order valence-electron chi connectivity index (χ2n) is 10.7. The Kier molecular flexibility index (Phi) is 8.16. The highest BCUT2D eigenvalue weighted by molar-refractivity contribution is 5.92. The van der Waals surface area contributed by atoms with Gasteiger partial charge in [0.2, 0.25) is 0 Å². The van der Waals surface area contributed by atoms with E-state index in [2.05, 4.69) is 13.8 Å². The summed E-state index contributed by atoms with van der Waals surface area (Å²) in [5, 5.41) is 18.4. The Morgan fingerprint density at radius 2 is 1.89 bits per heavy atom. The fourth-order valence-electron chi connectivity index (χ4n) is 6.87. The van der Waals surface area contributed by atoms with Crippen molar-refractivity contribution in [2.24, 2.45) is 23.7 Å². The third-order valence-corrected chi connectivity index (χ3v) is 8.28. The number of fused-ring (bicyclic) bond motifs is 3. The van der Waals surface area contributed by atoms with Crippen LogP contribution < -0.4 is 4.74 Å². The largest absolute Gasteiger partial charge is 0.481 e. The smallest absolute Gasteiger partial charge is 0.317 e. The van der Waals surface area contributed by atoms with E-state index < -0.39 is 34.8 Å². The molecule has 1 aliphatic heterocycles. The molecule has 37 heavy (non-hydrogen) atoms. The normalized spacial score (nSPS) is 34.8. The predicted molar refractivity (Wildman–Crippen MR) is 129 cm³/mol. The number of hydrogen-bond acceptors (Lipinski definition) is 8. The average molecular weight is 523 g/mol. The highest BCUT2D eigenvalue weighted by atomic mass is 17.3. The molecule has 1 saturated heterocycles. The summed E-state index contributed by atoms with van der Waals surface area (Å²) in [7, 11) is 1.62. The van der Waals surface area contributed by atoms with Gasteiger partial charge >= 0.3 is 11.9 Å². The number of aliphatic carboxylic acids is 2. The van der Waals surface area contributed by atoms with Gasteiger partial charge in [-0.15, -0.1) is 0 Å². The van der Waals surface area contributed by atoms with Crippen LogP contribution in [0.15, 0.2) is 24.3 Å². The molecule has 1 spiro atoms. The van der Waals surface area contributed by atoms with Crippen LogP contribution in [0.1, 0.15) is 58.4 Å². The van der Waals surface area contributed by atoms with E-state index in [1.807, 2.05) is 31.2 Å². The summed E-state index contributed by atoms with van der Waals surface area (Å²) in [5.74, 6) is -4.36. The maximum atomic E-state index is 11.3. The Hall–Kier alpha value is -2.24. The topological polar surface area (TPSA) is 130 Å². The summed E-state index contributed by atoms with van der Waals surface area (Å²) in [6, 6.07) is 7.57. The SMILES string of the molecule is CCOCOc1cccc(C2(OC)OOC23C(C)CC2(OCCC(C(=O)O)C(=O)O)CC(C)CC3C2)c1. The zero-order chi connectivity index (χ0) is 26.8. The van der Waals surface area contributed by atoms with Crippen molar-refractivity contribution in [3.05, 3.63) is 29.8 Å². The molecule has 3 aliphatic rings. The van der Waals surface area contributed by atoms with E-state index in [-0.39, 0.29) is 31.7 Å². The van der Waals surface area contributed by atoms with Crippen LogP contribution in [0.25, 0.3) is 0 Å². The van der Waals surface area contributed by atoms with E-state index in [1.54, 1.807) is 7.11 Å². The quantitative estimate of drug-likeness (QED) is 0.180. The molecule has 10 nitrogen and oxygen atoms in total. The molecule has 2 N–H and O–H groups in total. The van der Waals surface area contributed by atoms with E-state index in [0.717, 1.165) is 18.4 Å². The predicted octanol–water partition coefficient (Wildman–Crippen LogP) is 3.97. The Labute approximate surface area is 217 Å². The molecule has 3 fully saturated rings. The summed E-state index contributed by atoms with van der Waals surface area (Å²) >= 11 is 0. The average Bonchev–Trinajstić information content (AvgIpc) is 2.81. The highest BCUT2D eigenvalue weighted by Crippen LogP contribution is 2.66. The van der Waals surface area contributed by atoms with Gasteiger partial charge in [-0.2, -0.15) is 4.89 Å². The van der Waals surface area contributed by atoms with Gasteiger partial charge in [0.25, 0.3) is 5.79 Å². The van der Waals surface area contributed by atoms with Crippen LogP contribution in [0, 0.1) is 23.7 Å². The van der Waals surface area contributed by atoms with E-state index in [4.69, 9.17) is 28.7 Å². The lowest BCUT2D eigenvalue weighted by Gasteiger charge is -2.66. The monoisotopic (exact) mass is 522 g/mol. The van der Waals surface area contributed by atoms with Crippen LogP contribution >= 0.6 is 0 Å². The first-order chi connectivity index (χ1) is 17.6. The van der Waals surface area contributed by atoms with Crippen LogP contribution in [-0.4, -0.2) is 60.5 Å². The van der Waals surface area contributed by atoms with Crippen molar-refractivity contribution in [3.8, 4) is 5.75 Å². The first-order valence-electron chi connectivity index (χ1n) is 13.0. The number of benzene rings is 1. The summed E-state index contributed by atoms with van der Waals surface area (Å²) in [5.41, 5.74) is -0.457. The van der Waals surface area contributed by atoms with Gasteiger partial charge in [0.15, 0.2) is 18.3 Å². The number of carboxylic acids is 2. The Morgan fingerprint density at radius 1 is 1.14 bits per heavy atom. The molecule has 10 heteroatoms. The first-order valence-corrected chi connectivity index (χ1v) is 13.0. The highest BCUT2D eigenvalue weighted by Gasteiger charge is 2.75. The number of carboxylic acid groups (broad SMARTS) is 2. The number of rotatable bonds is 12. The fraction of sp³-hybridized carbons (Fsp3) is 0.704. The Balaban J connectivity index is 1.57. The summed E-state index contributed by atoms with van der Waals surface area (Å²) in [6.45, 7) is 6.93. The Morgan fingerprint density at radius 3 is 2.51 bits per heavy atom. The lowest BCUT2D eigenvalue weighted by molar-refractivity contribution is -0.642. The summed E-state index contributed by atoms with van der Waals surface area (Å²) < 4.78 is 23.5. The molecule has 0 aromatic heterocycles. The third kappa shape index (κ3) is 4.85. The van der Waals surface area contributed by atoms with Crippen LogP contribution in [-0.2, 0) is 39.4 Å². The van der Waals surface area contributed by atoms with Gasteiger partial charge in [-0.25, -0.2) is 4.89 Å². The number of ether oxygens (including phenoxy) is 4. The first kappa shape index (κ1) is 27.8. The van der Waals surface area contributed by atoms with Gasteiger partial charge in [0.1, 0.15) is 5.75 Å². The maximum absolute atomic E-state index is 11.3. The molecular weight excluding hydrogens is 484 g/mol. The van der Waals surface area contributed by atoms with Crippen molar-refractivity contribution in [2.75, 3.05) is 27.1 Å². The summed E-state index contributed by atoms with van der Waals surface area (Å²) in [4.78, 5) is 34.5. The van der Waals surface area contributed by atoms with Gasteiger partial charge in [-0.05, 0) is 63.0 Å². The molecule has 0 amide bonds. The zero-order valence-electron chi connectivity index (χ0n) is 21.9. The molecule has 4 rings (SSSR count). The zero-order valence-corrected chi connectivity index (χ0v) is 21.9. The minimum Gasteiger partial charge on any atom is -0.481 e. The Bertz CT molecular complexity index is 962. The van der Waals surface area contributed by atoms with Crippen LogP contribution in [0.2, 0.25) is 0 Å². The lowest BCUT2D eigenvalue weighted by atomic mass is 9.52. The molecule has 6 atom stereocenters. The van der Waals surface area contributed by atoms with E-state index in [0.29, 0.717) is 31.1 Å². The van der Waals surface area contributed by atoms with Gasteiger partial charge in [-0.1, -0.05) is 26.0 Å². The number of carbonyl (C=O) groups is 2. The van der Waals surface area contributed by atoms with Crippen molar-refractivity contribution < 1.29 is 48.5 Å². The van der Waals surface area contributed by atoms with Gasteiger partial charge in [0.05, 0.1) is 5.60 Å². The molecule has 6 unspecified atom stereocenters. The molecule has 2 saturated carbocycles. The lowest BCUT2D eigenvalue weighted by Crippen LogP contribution is -2.76. The fourth-order valence-corrected chi connectivity index (χ4v) is 6.87. The van der Waals surface area contributed by atoms with E-state index in [1.165, 1.54) is 0 Å². The van der Waals surface area contributed by atoms with Crippen LogP contribution in [0.4, 0.5) is 0 Å². The van der Waals surface area contributed by atoms with Crippen molar-refractivity contribution in [1.82, 2.24) is 0 Å². The molecule has 0 radical (unpaired) electrons.